The Balaban J connectivity index is 2.40. The number of hydrogen-bond donors (Lipinski definition) is 1. The number of sulfonamides is 1. The summed E-state index contributed by atoms with van der Waals surface area (Å²) in [7, 11) is -2.50. The van der Waals surface area contributed by atoms with Crippen LogP contribution in [0.2, 0.25) is 0 Å². The summed E-state index contributed by atoms with van der Waals surface area (Å²) < 4.78 is 31.6. The van der Waals surface area contributed by atoms with Crippen LogP contribution in [0.15, 0.2) is 29.2 Å². The Kier molecular flexibility index (Phi) is 4.36. The van der Waals surface area contributed by atoms with E-state index in [1.807, 2.05) is 6.92 Å². The summed E-state index contributed by atoms with van der Waals surface area (Å²) in [4.78, 5) is 11.7. The zero-order valence-corrected chi connectivity index (χ0v) is 13.0. The zero-order valence-electron chi connectivity index (χ0n) is 12.2. The van der Waals surface area contributed by atoms with E-state index in [0.717, 1.165) is 0 Å². The van der Waals surface area contributed by atoms with Gasteiger partial charge in [0.05, 0.1) is 17.6 Å². The number of rotatable bonds is 4. The molecule has 6 nitrogen and oxygen atoms in total. The second kappa shape index (κ2) is 5.75. The Morgan fingerprint density at radius 3 is 2.67 bits per heavy atom. The van der Waals surface area contributed by atoms with E-state index in [-0.39, 0.29) is 15.9 Å². The van der Waals surface area contributed by atoms with Gasteiger partial charge in [-0.2, -0.15) is 4.31 Å². The molecule has 1 fully saturated rings. The average Bonchev–Trinajstić information content (AvgIpc) is 2.90. The summed E-state index contributed by atoms with van der Waals surface area (Å²) in [6.45, 7) is 3.17. The summed E-state index contributed by atoms with van der Waals surface area (Å²) in [6.07, 6.45) is 0.711. The van der Waals surface area contributed by atoms with Crippen LogP contribution < -0.4 is 5.73 Å². The first-order valence-electron chi connectivity index (χ1n) is 6.72. The minimum absolute atomic E-state index is 0.0156. The lowest BCUT2D eigenvalue weighted by Gasteiger charge is -2.23. The first-order chi connectivity index (χ1) is 9.84. The van der Waals surface area contributed by atoms with Crippen molar-refractivity contribution in [2.45, 2.75) is 18.2 Å². The molecule has 7 heteroatoms. The van der Waals surface area contributed by atoms with Gasteiger partial charge in [-0.25, -0.2) is 13.2 Å². The van der Waals surface area contributed by atoms with Crippen LogP contribution in [0.3, 0.4) is 0 Å². The highest BCUT2D eigenvalue weighted by atomic mass is 32.2. The van der Waals surface area contributed by atoms with E-state index in [9.17, 15) is 13.2 Å². The van der Waals surface area contributed by atoms with Crippen molar-refractivity contribution in [3.05, 3.63) is 29.8 Å². The second-order valence-corrected chi connectivity index (χ2v) is 7.50. The van der Waals surface area contributed by atoms with Gasteiger partial charge in [0.2, 0.25) is 10.0 Å². The molecule has 2 N–H and O–H groups in total. The molecule has 1 saturated heterocycles. The number of esters is 1. The first-order valence-corrected chi connectivity index (χ1v) is 8.16. The fourth-order valence-electron chi connectivity index (χ4n) is 2.46. The van der Waals surface area contributed by atoms with Crippen LogP contribution in [0.25, 0.3) is 0 Å². The number of hydrogen-bond acceptors (Lipinski definition) is 5. The molecule has 0 aromatic heterocycles. The molecular weight excluding hydrogens is 292 g/mol. The third kappa shape index (κ3) is 2.95. The van der Waals surface area contributed by atoms with Crippen molar-refractivity contribution in [2.24, 2.45) is 11.1 Å². The molecular formula is C14H20N2O4S. The van der Waals surface area contributed by atoms with Crippen LogP contribution >= 0.6 is 0 Å². The van der Waals surface area contributed by atoms with E-state index in [1.165, 1.54) is 23.5 Å². The number of methoxy groups -OCH3 is 1. The molecule has 0 bridgehead atoms. The maximum absolute atomic E-state index is 12.8. The molecule has 0 radical (unpaired) electrons. The van der Waals surface area contributed by atoms with E-state index in [2.05, 4.69) is 4.74 Å². The number of carbonyl (C=O) groups is 1. The number of carbonyl (C=O) groups excluding carboxylic acids is 1. The van der Waals surface area contributed by atoms with Crippen molar-refractivity contribution < 1.29 is 17.9 Å². The predicted octanol–water partition coefficient (Wildman–Crippen LogP) is 0.833. The molecule has 1 aromatic rings. The highest BCUT2D eigenvalue weighted by molar-refractivity contribution is 7.89. The fraction of sp³-hybridized carbons (Fsp3) is 0.500. The third-order valence-corrected chi connectivity index (χ3v) is 5.83. The maximum atomic E-state index is 12.8. The van der Waals surface area contributed by atoms with Crippen LogP contribution in [-0.2, 0) is 14.8 Å². The van der Waals surface area contributed by atoms with E-state index in [4.69, 9.17) is 5.73 Å². The van der Waals surface area contributed by atoms with Crippen molar-refractivity contribution >= 4 is 16.0 Å². The van der Waals surface area contributed by atoms with Crippen molar-refractivity contribution in [3.8, 4) is 0 Å². The van der Waals surface area contributed by atoms with Gasteiger partial charge in [0.25, 0.3) is 0 Å². The number of nitrogens with two attached hydrogens (primary N) is 1. The molecule has 1 aromatic carbocycles. The summed E-state index contributed by atoms with van der Waals surface area (Å²) >= 11 is 0. The minimum Gasteiger partial charge on any atom is -0.465 e. The Labute approximate surface area is 124 Å². The molecule has 1 heterocycles. The van der Waals surface area contributed by atoms with Gasteiger partial charge >= 0.3 is 5.97 Å². The number of ether oxygens (including phenoxy) is 1. The number of benzene rings is 1. The van der Waals surface area contributed by atoms with Gasteiger partial charge in [0, 0.05) is 13.1 Å². The smallest absolute Gasteiger partial charge is 0.339 e. The van der Waals surface area contributed by atoms with Gasteiger partial charge in [-0.15, -0.1) is 0 Å². The average molecular weight is 312 g/mol. The van der Waals surface area contributed by atoms with Crippen LogP contribution in [0, 0.1) is 5.41 Å². The maximum Gasteiger partial charge on any atom is 0.339 e. The van der Waals surface area contributed by atoms with Gasteiger partial charge < -0.3 is 10.5 Å². The van der Waals surface area contributed by atoms with Gasteiger partial charge in [0.15, 0.2) is 0 Å². The van der Waals surface area contributed by atoms with Gasteiger partial charge in [-0.1, -0.05) is 19.1 Å². The Hall–Kier alpha value is -1.44. The van der Waals surface area contributed by atoms with E-state index in [1.54, 1.807) is 12.1 Å². The largest absolute Gasteiger partial charge is 0.465 e. The lowest BCUT2D eigenvalue weighted by molar-refractivity contribution is 0.0596. The monoisotopic (exact) mass is 312 g/mol. The molecule has 0 amide bonds. The van der Waals surface area contributed by atoms with E-state index >= 15 is 0 Å². The van der Waals surface area contributed by atoms with Crippen molar-refractivity contribution in [1.29, 1.82) is 0 Å². The molecule has 0 spiro atoms. The van der Waals surface area contributed by atoms with Gasteiger partial charge in [-0.3, -0.25) is 0 Å². The van der Waals surface area contributed by atoms with Crippen LogP contribution in [0.1, 0.15) is 23.7 Å². The summed E-state index contributed by atoms with van der Waals surface area (Å²) in [5.41, 5.74) is 5.56. The predicted molar refractivity (Wildman–Crippen MR) is 78.3 cm³/mol. The van der Waals surface area contributed by atoms with Crippen LogP contribution in [0.5, 0.6) is 0 Å². The zero-order chi connectivity index (χ0) is 15.7. The standard InChI is InChI=1S/C14H20N2O4S/c1-14(9-15)7-8-16(10-14)21(18,19)12-6-4-3-5-11(12)13(17)20-2/h3-6H,7-10,15H2,1-2H3. The Morgan fingerprint density at radius 2 is 2.10 bits per heavy atom. The molecule has 0 aliphatic carbocycles. The molecule has 0 saturated carbocycles. The van der Waals surface area contributed by atoms with Gasteiger partial charge in [-0.05, 0) is 30.5 Å². The van der Waals surface area contributed by atoms with E-state index in [0.29, 0.717) is 26.1 Å². The third-order valence-electron chi connectivity index (χ3n) is 3.93. The summed E-state index contributed by atoms with van der Waals surface area (Å²) in [5.74, 6) is -0.657. The lowest BCUT2D eigenvalue weighted by atomic mass is 9.90. The van der Waals surface area contributed by atoms with Crippen LogP contribution in [0.4, 0.5) is 0 Å². The number of nitrogens with zero attached hydrogens (tertiary/aromatic N) is 1. The summed E-state index contributed by atoms with van der Waals surface area (Å²) in [6, 6.07) is 6.09. The molecule has 2 rings (SSSR count). The fourth-order valence-corrected chi connectivity index (χ4v) is 4.23. The molecule has 1 aliphatic heterocycles. The first kappa shape index (κ1) is 15.9. The normalized spacial score (nSPS) is 23.2. The lowest BCUT2D eigenvalue weighted by Crippen LogP contribution is -2.35. The topological polar surface area (TPSA) is 89.7 Å². The summed E-state index contributed by atoms with van der Waals surface area (Å²) in [5, 5.41) is 0. The minimum atomic E-state index is -3.73. The molecule has 21 heavy (non-hydrogen) atoms. The molecule has 116 valence electrons. The highest BCUT2D eigenvalue weighted by Crippen LogP contribution is 2.33. The second-order valence-electron chi connectivity index (χ2n) is 5.59. The quantitative estimate of drug-likeness (QED) is 0.832. The van der Waals surface area contributed by atoms with E-state index < -0.39 is 16.0 Å². The highest BCUT2D eigenvalue weighted by Gasteiger charge is 2.40. The van der Waals surface area contributed by atoms with Gasteiger partial charge in [0.1, 0.15) is 0 Å². The molecule has 1 atom stereocenters. The van der Waals surface area contributed by atoms with Crippen LogP contribution in [-0.4, -0.2) is 45.4 Å². The Morgan fingerprint density at radius 1 is 1.43 bits per heavy atom. The van der Waals surface area contributed by atoms with Crippen molar-refractivity contribution in [1.82, 2.24) is 4.31 Å². The Bertz CT molecular complexity index is 644. The molecule has 1 unspecified atom stereocenters. The molecule has 1 aliphatic rings. The van der Waals surface area contributed by atoms with Crippen molar-refractivity contribution in [3.63, 3.8) is 0 Å². The van der Waals surface area contributed by atoms with Crippen molar-refractivity contribution in [2.75, 3.05) is 26.7 Å². The SMILES string of the molecule is COC(=O)c1ccccc1S(=O)(=O)N1CCC(C)(CN)C1.